The lowest BCUT2D eigenvalue weighted by Gasteiger charge is -1.99. The normalized spacial score (nSPS) is 10.6. The van der Waals surface area contributed by atoms with E-state index in [0.29, 0.717) is 0 Å². The quantitative estimate of drug-likeness (QED) is 0.340. The first-order valence-corrected chi connectivity index (χ1v) is 5.76. The van der Waals surface area contributed by atoms with E-state index in [4.69, 9.17) is 0 Å². The summed E-state index contributed by atoms with van der Waals surface area (Å²) >= 11 is 0. The fourth-order valence-electron chi connectivity index (χ4n) is 1.33. The van der Waals surface area contributed by atoms with Crippen molar-refractivity contribution in [2.24, 2.45) is 5.10 Å². The van der Waals surface area contributed by atoms with Gasteiger partial charge in [-0.25, -0.2) is 0 Å². The van der Waals surface area contributed by atoms with Gasteiger partial charge >= 0.3 is 0 Å². The van der Waals surface area contributed by atoms with Gasteiger partial charge in [-0.1, -0.05) is 19.8 Å². The van der Waals surface area contributed by atoms with Gasteiger partial charge in [0.25, 0.3) is 5.69 Å². The van der Waals surface area contributed by atoms with Crippen LogP contribution in [-0.4, -0.2) is 11.1 Å². The largest absolute Gasteiger partial charge is 0.279 e. The standard InChI is InChI=1S/C12H17N3O2/c1-2-3-4-5-10-13-14-11-6-8-12(9-7-11)15(16)17/h6-10,14H,2-5H2,1H3/b13-10+. The molecule has 0 aromatic heterocycles. The molecule has 5 nitrogen and oxygen atoms in total. The lowest BCUT2D eigenvalue weighted by molar-refractivity contribution is -0.384. The molecular weight excluding hydrogens is 218 g/mol. The first-order chi connectivity index (χ1) is 8.24. The number of benzene rings is 1. The van der Waals surface area contributed by atoms with Gasteiger partial charge in [-0.15, -0.1) is 0 Å². The molecule has 5 heteroatoms. The lowest BCUT2D eigenvalue weighted by Crippen LogP contribution is -1.91. The highest BCUT2D eigenvalue weighted by Crippen LogP contribution is 2.15. The van der Waals surface area contributed by atoms with Crippen LogP contribution in [0.2, 0.25) is 0 Å². The molecule has 0 aliphatic carbocycles. The molecule has 0 radical (unpaired) electrons. The van der Waals surface area contributed by atoms with Crippen molar-refractivity contribution in [3.63, 3.8) is 0 Å². The average molecular weight is 235 g/mol. The van der Waals surface area contributed by atoms with Crippen LogP contribution in [0, 0.1) is 10.1 Å². The van der Waals surface area contributed by atoms with Gasteiger partial charge in [0.15, 0.2) is 0 Å². The van der Waals surface area contributed by atoms with Gasteiger partial charge in [0.05, 0.1) is 10.6 Å². The summed E-state index contributed by atoms with van der Waals surface area (Å²) in [6, 6.07) is 6.19. The predicted molar refractivity (Wildman–Crippen MR) is 69.4 cm³/mol. The molecule has 92 valence electrons. The Morgan fingerprint density at radius 2 is 2.06 bits per heavy atom. The van der Waals surface area contributed by atoms with Crippen molar-refractivity contribution in [2.45, 2.75) is 32.6 Å². The first kappa shape index (κ1) is 13.2. The van der Waals surface area contributed by atoms with Gasteiger partial charge in [-0.2, -0.15) is 5.10 Å². The third-order valence-electron chi connectivity index (χ3n) is 2.30. The second-order valence-corrected chi connectivity index (χ2v) is 3.72. The van der Waals surface area contributed by atoms with Crippen LogP contribution >= 0.6 is 0 Å². The monoisotopic (exact) mass is 235 g/mol. The molecule has 0 spiro atoms. The number of non-ortho nitro benzene ring substituents is 1. The van der Waals surface area contributed by atoms with Crippen molar-refractivity contribution in [1.29, 1.82) is 0 Å². The fourth-order valence-corrected chi connectivity index (χ4v) is 1.33. The van der Waals surface area contributed by atoms with Gasteiger partial charge in [-0.3, -0.25) is 15.5 Å². The summed E-state index contributed by atoms with van der Waals surface area (Å²) in [5.41, 5.74) is 3.67. The van der Waals surface area contributed by atoms with E-state index in [-0.39, 0.29) is 5.69 Å². The van der Waals surface area contributed by atoms with Crippen LogP contribution in [0.3, 0.4) is 0 Å². The molecule has 17 heavy (non-hydrogen) atoms. The van der Waals surface area contributed by atoms with Crippen LogP contribution in [0.25, 0.3) is 0 Å². The number of nitro benzene ring substituents is 1. The van der Waals surface area contributed by atoms with E-state index in [0.717, 1.165) is 18.5 Å². The Bertz CT molecular complexity index is 374. The zero-order valence-corrected chi connectivity index (χ0v) is 9.93. The van der Waals surface area contributed by atoms with Crippen molar-refractivity contribution in [3.05, 3.63) is 34.4 Å². The molecule has 0 unspecified atom stereocenters. The average Bonchev–Trinajstić information content (AvgIpc) is 2.34. The number of hydrogen-bond acceptors (Lipinski definition) is 4. The van der Waals surface area contributed by atoms with Crippen molar-refractivity contribution < 1.29 is 4.92 Å². The molecule has 1 N–H and O–H groups in total. The van der Waals surface area contributed by atoms with E-state index >= 15 is 0 Å². The number of hydrazone groups is 1. The number of anilines is 1. The molecule has 0 fully saturated rings. The molecule has 0 saturated heterocycles. The van der Waals surface area contributed by atoms with Crippen LogP contribution in [0.1, 0.15) is 32.6 Å². The zero-order valence-electron chi connectivity index (χ0n) is 9.93. The molecule has 1 aromatic rings. The Hall–Kier alpha value is -1.91. The van der Waals surface area contributed by atoms with E-state index in [1.807, 2.05) is 6.21 Å². The van der Waals surface area contributed by atoms with E-state index < -0.39 is 4.92 Å². The number of nitrogens with one attached hydrogen (secondary N) is 1. The molecular formula is C12H17N3O2. The van der Waals surface area contributed by atoms with Gasteiger partial charge < -0.3 is 0 Å². The van der Waals surface area contributed by atoms with Gasteiger partial charge in [-0.05, 0) is 25.0 Å². The summed E-state index contributed by atoms with van der Waals surface area (Å²) in [6.07, 6.45) is 6.33. The minimum atomic E-state index is -0.419. The van der Waals surface area contributed by atoms with Crippen molar-refractivity contribution in [2.75, 3.05) is 5.43 Å². The molecule has 1 rings (SSSR count). The minimum Gasteiger partial charge on any atom is -0.279 e. The molecule has 0 heterocycles. The molecule has 0 atom stereocenters. The lowest BCUT2D eigenvalue weighted by atomic mass is 10.2. The number of rotatable bonds is 7. The SMILES string of the molecule is CCCCC/C=N/Nc1ccc([N+](=O)[O-])cc1. The Morgan fingerprint density at radius 1 is 1.35 bits per heavy atom. The maximum atomic E-state index is 10.4. The topological polar surface area (TPSA) is 67.5 Å². The highest BCUT2D eigenvalue weighted by atomic mass is 16.6. The van der Waals surface area contributed by atoms with E-state index in [9.17, 15) is 10.1 Å². The second-order valence-electron chi connectivity index (χ2n) is 3.72. The Morgan fingerprint density at radius 3 is 2.65 bits per heavy atom. The van der Waals surface area contributed by atoms with Crippen LogP contribution in [-0.2, 0) is 0 Å². The van der Waals surface area contributed by atoms with Crippen molar-refractivity contribution in [1.82, 2.24) is 0 Å². The van der Waals surface area contributed by atoms with Crippen LogP contribution in [0.5, 0.6) is 0 Å². The molecule has 0 aliphatic heterocycles. The third kappa shape index (κ3) is 5.10. The van der Waals surface area contributed by atoms with Crippen LogP contribution < -0.4 is 5.43 Å². The number of hydrogen-bond donors (Lipinski definition) is 1. The van der Waals surface area contributed by atoms with E-state index in [2.05, 4.69) is 17.5 Å². The predicted octanol–water partition coefficient (Wildman–Crippen LogP) is 3.57. The van der Waals surface area contributed by atoms with Gasteiger partial charge in [0.1, 0.15) is 0 Å². The Kier molecular flexibility index (Phi) is 5.71. The molecule has 0 amide bonds. The summed E-state index contributed by atoms with van der Waals surface area (Å²) in [6.45, 7) is 2.16. The van der Waals surface area contributed by atoms with Crippen LogP contribution in [0.15, 0.2) is 29.4 Å². The van der Waals surface area contributed by atoms with Gasteiger partial charge in [0.2, 0.25) is 0 Å². The van der Waals surface area contributed by atoms with E-state index in [1.165, 1.54) is 25.0 Å². The smallest absolute Gasteiger partial charge is 0.269 e. The Labute approximate surface area is 101 Å². The summed E-state index contributed by atoms with van der Waals surface area (Å²) in [5.74, 6) is 0. The third-order valence-corrected chi connectivity index (χ3v) is 2.30. The molecule has 1 aromatic carbocycles. The fraction of sp³-hybridized carbons (Fsp3) is 0.417. The summed E-state index contributed by atoms with van der Waals surface area (Å²) in [4.78, 5) is 10.0. The first-order valence-electron chi connectivity index (χ1n) is 5.76. The number of nitrogens with zero attached hydrogens (tertiary/aromatic N) is 2. The highest BCUT2D eigenvalue weighted by molar-refractivity contribution is 5.59. The summed E-state index contributed by atoms with van der Waals surface area (Å²) < 4.78 is 0. The summed E-state index contributed by atoms with van der Waals surface area (Å²) in [5, 5.41) is 14.5. The zero-order chi connectivity index (χ0) is 12.5. The van der Waals surface area contributed by atoms with Crippen LogP contribution in [0.4, 0.5) is 11.4 Å². The summed E-state index contributed by atoms with van der Waals surface area (Å²) in [7, 11) is 0. The number of unbranched alkanes of at least 4 members (excludes halogenated alkanes) is 3. The minimum absolute atomic E-state index is 0.0856. The van der Waals surface area contributed by atoms with Crippen molar-refractivity contribution in [3.8, 4) is 0 Å². The highest BCUT2D eigenvalue weighted by Gasteiger charge is 2.02. The maximum Gasteiger partial charge on any atom is 0.269 e. The van der Waals surface area contributed by atoms with Crippen molar-refractivity contribution >= 4 is 17.6 Å². The molecule has 0 bridgehead atoms. The molecule has 0 aliphatic rings. The molecule has 0 saturated carbocycles. The Balaban J connectivity index is 2.34. The number of nitro groups is 1. The van der Waals surface area contributed by atoms with Gasteiger partial charge in [0, 0.05) is 18.3 Å². The second kappa shape index (κ2) is 7.38. The maximum absolute atomic E-state index is 10.4. The van der Waals surface area contributed by atoms with E-state index in [1.54, 1.807) is 12.1 Å².